The number of hydrazine groups is 1. The van der Waals surface area contributed by atoms with Crippen LogP contribution in [0.2, 0.25) is 0 Å². The van der Waals surface area contributed by atoms with E-state index in [2.05, 4.69) is 27.6 Å². The standard InChI is InChI=1S/C16H13N5O4/c1-10(11-4-2-5-12(8-11)21(23)24)17-20-16(22)14-9-13(18-19-14)15-6-3-7-25-15/h2-9,17H,1H2,(H,18,19)(H,20,22). The fourth-order valence-electron chi connectivity index (χ4n) is 2.07. The number of non-ortho nitro benzene ring substituents is 1. The second-order valence-electron chi connectivity index (χ2n) is 5.01. The molecule has 25 heavy (non-hydrogen) atoms. The maximum atomic E-state index is 12.1. The molecule has 3 aromatic rings. The van der Waals surface area contributed by atoms with E-state index in [0.717, 1.165) is 0 Å². The highest BCUT2D eigenvalue weighted by Gasteiger charge is 2.13. The van der Waals surface area contributed by atoms with Crippen LogP contribution in [-0.4, -0.2) is 21.0 Å². The molecule has 0 fully saturated rings. The number of carbonyl (C=O) groups excluding carboxylic acids is 1. The molecule has 0 radical (unpaired) electrons. The number of nitro groups is 1. The number of aromatic amines is 1. The summed E-state index contributed by atoms with van der Waals surface area (Å²) in [5.74, 6) is 0.0566. The van der Waals surface area contributed by atoms with Gasteiger partial charge in [-0.3, -0.25) is 30.9 Å². The van der Waals surface area contributed by atoms with Crippen molar-refractivity contribution < 1.29 is 14.1 Å². The second kappa shape index (κ2) is 6.71. The third-order valence-electron chi connectivity index (χ3n) is 3.33. The highest BCUT2D eigenvalue weighted by atomic mass is 16.6. The fourth-order valence-corrected chi connectivity index (χ4v) is 2.07. The number of hydrogen-bond donors (Lipinski definition) is 3. The molecule has 1 aromatic carbocycles. The van der Waals surface area contributed by atoms with Crippen LogP contribution in [-0.2, 0) is 0 Å². The molecular formula is C16H13N5O4. The summed E-state index contributed by atoms with van der Waals surface area (Å²) < 4.78 is 5.21. The topological polar surface area (TPSA) is 126 Å². The molecule has 3 rings (SSSR count). The number of rotatable bonds is 6. The minimum atomic E-state index is -0.505. The molecule has 0 aliphatic heterocycles. The van der Waals surface area contributed by atoms with Crippen molar-refractivity contribution in [2.24, 2.45) is 0 Å². The Kier molecular flexibility index (Phi) is 4.29. The van der Waals surface area contributed by atoms with E-state index in [0.29, 0.717) is 22.7 Å². The molecule has 0 spiro atoms. The quantitative estimate of drug-likeness (QED) is 0.468. The zero-order valence-electron chi connectivity index (χ0n) is 12.9. The number of nitrogens with zero attached hydrogens (tertiary/aromatic N) is 2. The van der Waals surface area contributed by atoms with Gasteiger partial charge in [0, 0.05) is 23.8 Å². The van der Waals surface area contributed by atoms with Crippen LogP contribution in [0.1, 0.15) is 16.1 Å². The van der Waals surface area contributed by atoms with E-state index < -0.39 is 10.8 Å². The predicted molar refractivity (Wildman–Crippen MR) is 89.0 cm³/mol. The molecular weight excluding hydrogens is 326 g/mol. The van der Waals surface area contributed by atoms with Crippen LogP contribution in [0.4, 0.5) is 5.69 Å². The molecule has 0 bridgehead atoms. The van der Waals surface area contributed by atoms with E-state index in [1.54, 1.807) is 18.2 Å². The molecule has 0 saturated heterocycles. The van der Waals surface area contributed by atoms with Crippen LogP contribution in [0.25, 0.3) is 17.2 Å². The highest BCUT2D eigenvalue weighted by molar-refractivity contribution is 5.93. The first-order valence-corrected chi connectivity index (χ1v) is 7.14. The third-order valence-corrected chi connectivity index (χ3v) is 3.33. The summed E-state index contributed by atoms with van der Waals surface area (Å²) in [7, 11) is 0. The van der Waals surface area contributed by atoms with Crippen molar-refractivity contribution in [1.29, 1.82) is 0 Å². The number of furan rings is 1. The van der Waals surface area contributed by atoms with Gasteiger partial charge in [-0.15, -0.1) is 0 Å². The van der Waals surface area contributed by atoms with Gasteiger partial charge in [-0.05, 0) is 12.1 Å². The molecule has 126 valence electrons. The Morgan fingerprint density at radius 3 is 2.80 bits per heavy atom. The zero-order chi connectivity index (χ0) is 17.8. The normalized spacial score (nSPS) is 10.2. The highest BCUT2D eigenvalue weighted by Crippen LogP contribution is 2.18. The number of aromatic nitrogens is 2. The van der Waals surface area contributed by atoms with Crippen molar-refractivity contribution in [3.8, 4) is 11.5 Å². The Morgan fingerprint density at radius 1 is 1.24 bits per heavy atom. The first kappa shape index (κ1) is 16.0. The lowest BCUT2D eigenvalue weighted by Crippen LogP contribution is -2.36. The smallest absolute Gasteiger partial charge is 0.290 e. The van der Waals surface area contributed by atoms with E-state index in [4.69, 9.17) is 4.42 Å². The number of nitro benzene ring substituents is 1. The number of carbonyl (C=O) groups is 1. The van der Waals surface area contributed by atoms with Gasteiger partial charge in [0.25, 0.3) is 11.6 Å². The van der Waals surface area contributed by atoms with E-state index >= 15 is 0 Å². The average molecular weight is 339 g/mol. The number of hydrogen-bond acceptors (Lipinski definition) is 6. The summed E-state index contributed by atoms with van der Waals surface area (Å²) >= 11 is 0. The van der Waals surface area contributed by atoms with Gasteiger partial charge >= 0.3 is 0 Å². The van der Waals surface area contributed by atoms with E-state index in [9.17, 15) is 14.9 Å². The second-order valence-corrected chi connectivity index (χ2v) is 5.01. The predicted octanol–water partition coefficient (Wildman–Crippen LogP) is 2.48. The summed E-state index contributed by atoms with van der Waals surface area (Å²) in [4.78, 5) is 22.4. The Labute approximate surface area is 141 Å². The molecule has 2 heterocycles. The van der Waals surface area contributed by atoms with Crippen molar-refractivity contribution in [2.75, 3.05) is 0 Å². The summed E-state index contributed by atoms with van der Waals surface area (Å²) in [5.41, 5.74) is 6.47. The van der Waals surface area contributed by atoms with Gasteiger partial charge in [0.15, 0.2) is 11.5 Å². The summed E-state index contributed by atoms with van der Waals surface area (Å²) in [6, 6.07) is 10.9. The van der Waals surface area contributed by atoms with Crippen molar-refractivity contribution in [2.45, 2.75) is 0 Å². The van der Waals surface area contributed by atoms with Crippen molar-refractivity contribution in [3.63, 3.8) is 0 Å². The van der Waals surface area contributed by atoms with Crippen LogP contribution in [0.15, 0.2) is 59.7 Å². The molecule has 0 saturated carbocycles. The first-order chi connectivity index (χ1) is 12.0. The van der Waals surface area contributed by atoms with Gasteiger partial charge in [0.2, 0.25) is 0 Å². The van der Waals surface area contributed by atoms with E-state index in [1.807, 2.05) is 0 Å². The number of H-pyrrole nitrogens is 1. The van der Waals surface area contributed by atoms with Gasteiger partial charge in [-0.1, -0.05) is 18.7 Å². The minimum Gasteiger partial charge on any atom is -0.463 e. The SMILES string of the molecule is C=C(NNC(=O)c1cc(-c2ccco2)[nH]n1)c1cccc([N+](=O)[O-])c1. The van der Waals surface area contributed by atoms with Crippen LogP contribution in [0.5, 0.6) is 0 Å². The van der Waals surface area contributed by atoms with E-state index in [-0.39, 0.29) is 11.4 Å². The van der Waals surface area contributed by atoms with Gasteiger partial charge in [0.05, 0.1) is 16.9 Å². The Morgan fingerprint density at radius 2 is 2.08 bits per heavy atom. The monoisotopic (exact) mass is 339 g/mol. The molecule has 1 amide bonds. The third kappa shape index (κ3) is 3.55. The van der Waals surface area contributed by atoms with E-state index in [1.165, 1.54) is 30.5 Å². The molecule has 0 atom stereocenters. The average Bonchev–Trinajstić information content (AvgIpc) is 3.30. The Bertz CT molecular complexity index is 930. The molecule has 0 aliphatic rings. The maximum absolute atomic E-state index is 12.1. The zero-order valence-corrected chi connectivity index (χ0v) is 12.9. The number of nitrogens with one attached hydrogen (secondary N) is 3. The Balaban J connectivity index is 1.63. The summed E-state index contributed by atoms with van der Waals surface area (Å²) in [5, 5.41) is 17.4. The van der Waals surface area contributed by atoms with Crippen LogP contribution in [0, 0.1) is 10.1 Å². The minimum absolute atomic E-state index is 0.0674. The van der Waals surface area contributed by atoms with Crippen LogP contribution < -0.4 is 10.9 Å². The van der Waals surface area contributed by atoms with Crippen molar-refractivity contribution >= 4 is 17.3 Å². The van der Waals surface area contributed by atoms with Gasteiger partial charge in [0.1, 0.15) is 5.69 Å². The molecule has 0 aliphatic carbocycles. The lowest BCUT2D eigenvalue weighted by molar-refractivity contribution is -0.384. The fraction of sp³-hybridized carbons (Fsp3) is 0. The molecule has 2 aromatic heterocycles. The summed E-state index contributed by atoms with van der Waals surface area (Å²) in [6.07, 6.45) is 1.51. The number of amides is 1. The molecule has 9 nitrogen and oxygen atoms in total. The first-order valence-electron chi connectivity index (χ1n) is 7.14. The Hall–Kier alpha value is -3.88. The van der Waals surface area contributed by atoms with Gasteiger partial charge in [-0.2, -0.15) is 5.10 Å². The van der Waals surface area contributed by atoms with Gasteiger partial charge < -0.3 is 4.42 Å². The maximum Gasteiger partial charge on any atom is 0.290 e. The van der Waals surface area contributed by atoms with Crippen molar-refractivity contribution in [3.05, 3.63) is 76.7 Å². The lowest BCUT2D eigenvalue weighted by Gasteiger charge is -2.10. The number of benzene rings is 1. The van der Waals surface area contributed by atoms with Crippen molar-refractivity contribution in [1.82, 2.24) is 21.0 Å². The van der Waals surface area contributed by atoms with Gasteiger partial charge in [-0.25, -0.2) is 0 Å². The molecule has 3 N–H and O–H groups in total. The van der Waals surface area contributed by atoms with Crippen LogP contribution in [0.3, 0.4) is 0 Å². The summed E-state index contributed by atoms with van der Waals surface area (Å²) in [6.45, 7) is 3.75. The van der Waals surface area contributed by atoms with Crippen LogP contribution >= 0.6 is 0 Å². The lowest BCUT2D eigenvalue weighted by atomic mass is 10.1. The largest absolute Gasteiger partial charge is 0.463 e. The molecule has 9 heteroatoms. The molecule has 0 unspecified atom stereocenters.